The fraction of sp³-hybridized carbons (Fsp3) is 0.440. The van der Waals surface area contributed by atoms with E-state index in [1.165, 1.54) is 8.87 Å². The Morgan fingerprint density at radius 1 is 1.00 bits per heavy atom. The van der Waals surface area contributed by atoms with Crippen LogP contribution in [-0.4, -0.2) is 54.3 Å². The van der Waals surface area contributed by atoms with Crippen LogP contribution in [0.5, 0.6) is 0 Å². The number of hydrogen-bond acceptors (Lipinski definition) is 5. The zero-order valence-electron chi connectivity index (χ0n) is 20.3. The fourth-order valence-corrected chi connectivity index (χ4v) is 6.33. The Kier molecular flexibility index (Phi) is 6.20. The molecule has 2 heterocycles. The second-order valence-corrected chi connectivity index (χ2v) is 11.8. The molecular weight excluding hydrogens is 454 g/mol. The van der Waals surface area contributed by atoms with Crippen molar-refractivity contribution in [2.45, 2.75) is 51.5 Å². The molecule has 0 spiro atoms. The van der Waals surface area contributed by atoms with Gasteiger partial charge in [-0.1, -0.05) is 45.0 Å². The zero-order chi connectivity index (χ0) is 24.8. The van der Waals surface area contributed by atoms with E-state index >= 15 is 0 Å². The third kappa shape index (κ3) is 4.42. The summed E-state index contributed by atoms with van der Waals surface area (Å²) in [6.45, 7) is 10.8. The maximum Gasteiger partial charge on any atom is 0.420 e. The summed E-state index contributed by atoms with van der Waals surface area (Å²) in [5, 5.41) is 0. The quantitative estimate of drug-likeness (QED) is 0.566. The molecule has 34 heavy (non-hydrogen) atoms. The van der Waals surface area contributed by atoms with E-state index in [2.05, 4.69) is 20.8 Å². The lowest BCUT2D eigenvalue weighted by Gasteiger charge is -2.34. The number of sulfonamides is 1. The molecule has 0 N–H and O–H groups in total. The van der Waals surface area contributed by atoms with Gasteiger partial charge in [0.05, 0.1) is 10.4 Å². The number of carbonyl (C=O) groups is 1. The molecule has 0 unspecified atom stereocenters. The van der Waals surface area contributed by atoms with E-state index < -0.39 is 15.8 Å². The molecule has 1 amide bonds. The van der Waals surface area contributed by atoms with Crippen molar-refractivity contribution in [3.8, 4) is 0 Å². The predicted octanol–water partition coefficient (Wildman–Crippen LogP) is 3.04. The van der Waals surface area contributed by atoms with Crippen molar-refractivity contribution in [3.63, 3.8) is 0 Å². The molecule has 9 heteroatoms. The molecule has 0 atom stereocenters. The van der Waals surface area contributed by atoms with Crippen LogP contribution in [0.15, 0.2) is 50.5 Å². The van der Waals surface area contributed by atoms with Crippen LogP contribution in [0, 0.1) is 13.8 Å². The Labute approximate surface area is 199 Å². The Hall–Kier alpha value is -2.91. The van der Waals surface area contributed by atoms with E-state index in [4.69, 9.17) is 4.42 Å². The Morgan fingerprint density at radius 3 is 2.18 bits per heavy atom. The summed E-state index contributed by atoms with van der Waals surface area (Å²) < 4.78 is 34.9. The fourth-order valence-electron chi connectivity index (χ4n) is 4.50. The molecule has 4 rings (SSSR count). The molecule has 182 valence electrons. The molecule has 1 aromatic heterocycles. The van der Waals surface area contributed by atoms with Crippen LogP contribution >= 0.6 is 0 Å². The third-order valence-corrected chi connectivity index (χ3v) is 8.59. The average molecular weight is 486 g/mol. The van der Waals surface area contributed by atoms with E-state index in [0.29, 0.717) is 16.0 Å². The summed E-state index contributed by atoms with van der Waals surface area (Å²) in [6, 6.07) is 10.9. The molecule has 8 nitrogen and oxygen atoms in total. The molecule has 3 aromatic rings. The van der Waals surface area contributed by atoms with Crippen molar-refractivity contribution in [1.82, 2.24) is 13.8 Å². The number of rotatable bonds is 4. The maximum atomic E-state index is 13.5. The summed E-state index contributed by atoms with van der Waals surface area (Å²) in [5.74, 6) is -0.826. The number of amides is 1. The van der Waals surface area contributed by atoms with E-state index in [-0.39, 0.29) is 44.0 Å². The van der Waals surface area contributed by atoms with Gasteiger partial charge in [0.15, 0.2) is 5.58 Å². The van der Waals surface area contributed by atoms with E-state index in [0.717, 1.165) is 16.7 Å². The van der Waals surface area contributed by atoms with Gasteiger partial charge in [-0.3, -0.25) is 9.36 Å². The molecule has 1 aliphatic heterocycles. The molecule has 1 fully saturated rings. The van der Waals surface area contributed by atoms with Crippen LogP contribution in [0.1, 0.15) is 37.5 Å². The highest BCUT2D eigenvalue weighted by atomic mass is 32.2. The monoisotopic (exact) mass is 485 g/mol. The normalized spacial score (nSPS) is 15.7. The highest BCUT2D eigenvalue weighted by Gasteiger charge is 2.33. The number of aryl methyl sites for hydroxylation is 2. The minimum atomic E-state index is -3.70. The second-order valence-electron chi connectivity index (χ2n) is 9.90. The number of para-hydroxylation sites is 2. The average Bonchev–Trinajstić information content (AvgIpc) is 3.07. The number of oxazole rings is 1. The first-order chi connectivity index (χ1) is 15.9. The number of carbonyl (C=O) groups excluding carboxylic acids is 1. The highest BCUT2D eigenvalue weighted by molar-refractivity contribution is 7.89. The molecular formula is C25H31N3O5S. The van der Waals surface area contributed by atoms with Crippen molar-refractivity contribution in [3.05, 3.63) is 63.6 Å². The molecule has 0 radical (unpaired) electrons. The maximum absolute atomic E-state index is 13.5. The van der Waals surface area contributed by atoms with Crippen LogP contribution in [0.4, 0.5) is 0 Å². The standard InChI is InChI=1S/C25H31N3O5S/c1-17-14-19(25(3,4)5)15-18(2)23(17)34(31,32)27-12-10-26(11-13-27)22(29)16-28-20-8-6-7-9-21(20)33-24(28)30/h6-9,14-15H,10-13,16H2,1-5H3. The lowest BCUT2D eigenvalue weighted by atomic mass is 9.85. The second kappa shape index (κ2) is 8.70. The van der Waals surface area contributed by atoms with Crippen molar-refractivity contribution in [1.29, 1.82) is 0 Å². The van der Waals surface area contributed by atoms with Crippen LogP contribution in [0.2, 0.25) is 0 Å². The summed E-state index contributed by atoms with van der Waals surface area (Å²) in [7, 11) is -3.70. The number of aromatic nitrogens is 1. The van der Waals surface area contributed by atoms with Crippen LogP contribution in [0.3, 0.4) is 0 Å². The van der Waals surface area contributed by atoms with Gasteiger partial charge in [-0.25, -0.2) is 13.2 Å². The summed E-state index contributed by atoms with van der Waals surface area (Å²) in [4.78, 5) is 27.0. The van der Waals surface area contributed by atoms with Crippen LogP contribution in [0.25, 0.3) is 11.1 Å². The van der Waals surface area contributed by atoms with Crippen molar-refractivity contribution in [2.24, 2.45) is 0 Å². The van der Waals surface area contributed by atoms with Crippen molar-refractivity contribution < 1.29 is 17.6 Å². The smallest absolute Gasteiger partial charge is 0.408 e. The van der Waals surface area contributed by atoms with Gasteiger partial charge in [0, 0.05) is 26.2 Å². The SMILES string of the molecule is Cc1cc(C(C)(C)C)cc(C)c1S(=O)(=O)N1CCN(C(=O)Cn2c(=O)oc3ccccc32)CC1. The molecule has 1 aliphatic rings. The van der Waals surface area contributed by atoms with E-state index in [1.807, 2.05) is 26.0 Å². The minimum absolute atomic E-state index is 0.0773. The number of hydrogen-bond donors (Lipinski definition) is 0. The van der Waals surface area contributed by atoms with Crippen molar-refractivity contribution >= 4 is 27.0 Å². The first kappa shape index (κ1) is 24.2. The number of fused-ring (bicyclic) bond motifs is 1. The summed E-state index contributed by atoms with van der Waals surface area (Å²) in [5.41, 5.74) is 3.47. The van der Waals surface area contributed by atoms with Crippen LogP contribution in [-0.2, 0) is 26.8 Å². The molecule has 0 aliphatic carbocycles. The largest absolute Gasteiger partial charge is 0.420 e. The van der Waals surface area contributed by atoms with E-state index in [1.54, 1.807) is 29.2 Å². The number of nitrogens with zero attached hydrogens (tertiary/aromatic N) is 3. The Bertz CT molecular complexity index is 1380. The first-order valence-electron chi connectivity index (χ1n) is 11.4. The molecule has 2 aromatic carbocycles. The lowest BCUT2D eigenvalue weighted by molar-refractivity contribution is -0.133. The number of benzene rings is 2. The number of piperazine rings is 1. The Morgan fingerprint density at radius 2 is 1.59 bits per heavy atom. The molecule has 0 bridgehead atoms. The summed E-state index contributed by atoms with van der Waals surface area (Å²) in [6.07, 6.45) is 0. The van der Waals surface area contributed by atoms with Crippen molar-refractivity contribution in [2.75, 3.05) is 26.2 Å². The van der Waals surface area contributed by atoms with Gasteiger partial charge in [-0.2, -0.15) is 4.31 Å². The molecule has 1 saturated heterocycles. The highest BCUT2D eigenvalue weighted by Crippen LogP contribution is 2.31. The topological polar surface area (TPSA) is 92.8 Å². The predicted molar refractivity (Wildman–Crippen MR) is 130 cm³/mol. The van der Waals surface area contributed by atoms with Gasteiger partial charge >= 0.3 is 5.76 Å². The Balaban J connectivity index is 1.48. The first-order valence-corrected chi connectivity index (χ1v) is 12.8. The molecule has 0 saturated carbocycles. The van der Waals surface area contributed by atoms with E-state index in [9.17, 15) is 18.0 Å². The summed E-state index contributed by atoms with van der Waals surface area (Å²) >= 11 is 0. The van der Waals surface area contributed by atoms with Gasteiger partial charge < -0.3 is 9.32 Å². The zero-order valence-corrected chi connectivity index (χ0v) is 21.1. The minimum Gasteiger partial charge on any atom is -0.408 e. The van der Waals surface area contributed by atoms with Gasteiger partial charge in [-0.15, -0.1) is 0 Å². The van der Waals surface area contributed by atoms with Gasteiger partial charge in [0.1, 0.15) is 6.54 Å². The van der Waals surface area contributed by atoms with Gasteiger partial charge in [0.25, 0.3) is 0 Å². The lowest BCUT2D eigenvalue weighted by Crippen LogP contribution is -2.51. The van der Waals surface area contributed by atoms with Gasteiger partial charge in [0.2, 0.25) is 15.9 Å². The van der Waals surface area contributed by atoms with Crippen LogP contribution < -0.4 is 5.76 Å². The third-order valence-electron chi connectivity index (χ3n) is 6.38. The van der Waals surface area contributed by atoms with Gasteiger partial charge in [-0.05, 0) is 48.1 Å².